The topological polar surface area (TPSA) is 17.1 Å². The predicted octanol–water partition coefficient (Wildman–Crippen LogP) is 3.77. The van der Waals surface area contributed by atoms with Crippen LogP contribution in [0.15, 0.2) is 23.1 Å². The van der Waals surface area contributed by atoms with Gasteiger partial charge in [-0.3, -0.25) is 4.79 Å². The highest BCUT2D eigenvalue weighted by Gasteiger charge is 2.14. The molecule has 0 fully saturated rings. The molecule has 0 saturated carbocycles. The largest absolute Gasteiger partial charge is 0.298 e. The van der Waals surface area contributed by atoms with E-state index in [1.54, 1.807) is 12.1 Å². The van der Waals surface area contributed by atoms with Gasteiger partial charge in [0.1, 0.15) is 5.82 Å². The monoisotopic (exact) mass is 226 g/mol. The summed E-state index contributed by atoms with van der Waals surface area (Å²) < 4.78 is 13.5. The Morgan fingerprint density at radius 1 is 1.33 bits per heavy atom. The molecule has 82 valence electrons. The maximum atomic E-state index is 13.5. The van der Waals surface area contributed by atoms with Gasteiger partial charge in [0.25, 0.3) is 0 Å². The number of carbonyl (C=O) groups excluding carboxylic acids is 1. The van der Waals surface area contributed by atoms with Crippen molar-refractivity contribution in [1.29, 1.82) is 0 Å². The summed E-state index contributed by atoms with van der Waals surface area (Å²) in [4.78, 5) is 11.2. The molecule has 3 heteroatoms. The van der Waals surface area contributed by atoms with Crippen LogP contribution in [0.1, 0.15) is 31.1 Å². The maximum Gasteiger partial charge on any atom is 0.151 e. The molecule has 0 aliphatic rings. The molecule has 0 N–H and O–H groups in total. The van der Waals surface area contributed by atoms with Crippen molar-refractivity contribution in [2.75, 3.05) is 0 Å². The van der Waals surface area contributed by atoms with E-state index in [9.17, 15) is 9.18 Å². The minimum atomic E-state index is -0.308. The highest BCUT2D eigenvalue weighted by molar-refractivity contribution is 8.00. The van der Waals surface area contributed by atoms with Crippen LogP contribution in [0.25, 0.3) is 0 Å². The van der Waals surface area contributed by atoms with Gasteiger partial charge in [-0.15, -0.1) is 11.8 Å². The Kier molecular flexibility index (Phi) is 4.33. The zero-order valence-corrected chi connectivity index (χ0v) is 9.98. The van der Waals surface area contributed by atoms with Gasteiger partial charge in [-0.05, 0) is 12.0 Å². The number of hydrogen-bond donors (Lipinski definition) is 0. The first-order chi connectivity index (χ1) is 7.06. The Labute approximate surface area is 94.1 Å². The van der Waals surface area contributed by atoms with Crippen LogP contribution < -0.4 is 0 Å². The highest BCUT2D eigenvalue weighted by atomic mass is 32.2. The number of aldehydes is 1. The van der Waals surface area contributed by atoms with Crippen molar-refractivity contribution in [3.63, 3.8) is 0 Å². The summed E-state index contributed by atoms with van der Waals surface area (Å²) in [7, 11) is 0. The van der Waals surface area contributed by atoms with Gasteiger partial charge in [-0.25, -0.2) is 4.39 Å². The molecular weight excluding hydrogens is 211 g/mol. The van der Waals surface area contributed by atoms with E-state index in [-0.39, 0.29) is 5.82 Å². The number of hydrogen-bond acceptors (Lipinski definition) is 2. The molecule has 0 bridgehead atoms. The Morgan fingerprint density at radius 2 is 2.00 bits per heavy atom. The van der Waals surface area contributed by atoms with E-state index in [1.165, 1.54) is 17.8 Å². The lowest BCUT2D eigenvalue weighted by Crippen LogP contribution is -2.06. The molecule has 1 atom stereocenters. The molecule has 1 aromatic carbocycles. The second kappa shape index (κ2) is 5.31. The Balaban J connectivity index is 2.97. The molecule has 0 amide bonds. The standard InChI is InChI=1S/C12H15FOS/c1-8(2)9(3)15-12-10(7-14)5-4-6-11(12)13/h4-9H,1-3H3. The normalized spacial score (nSPS) is 12.9. The van der Waals surface area contributed by atoms with E-state index >= 15 is 0 Å². The summed E-state index contributed by atoms with van der Waals surface area (Å²) in [5, 5.41) is 0.292. The van der Waals surface area contributed by atoms with Gasteiger partial charge in [-0.1, -0.05) is 32.9 Å². The molecule has 0 aliphatic heterocycles. The minimum absolute atomic E-state index is 0.292. The first-order valence-corrected chi connectivity index (χ1v) is 5.84. The summed E-state index contributed by atoms with van der Waals surface area (Å²) in [5.74, 6) is 0.145. The van der Waals surface area contributed by atoms with Gasteiger partial charge in [0.05, 0.1) is 4.90 Å². The minimum Gasteiger partial charge on any atom is -0.298 e. The van der Waals surface area contributed by atoms with Crippen LogP contribution in [0.5, 0.6) is 0 Å². The first-order valence-electron chi connectivity index (χ1n) is 4.96. The van der Waals surface area contributed by atoms with E-state index in [1.807, 2.05) is 6.92 Å². The molecule has 0 aliphatic carbocycles. The first kappa shape index (κ1) is 12.2. The number of rotatable bonds is 4. The number of halogens is 1. The lowest BCUT2D eigenvalue weighted by Gasteiger charge is -2.16. The summed E-state index contributed by atoms with van der Waals surface area (Å²) in [6.07, 6.45) is 0.707. The van der Waals surface area contributed by atoms with E-state index in [0.29, 0.717) is 27.9 Å². The van der Waals surface area contributed by atoms with Crippen molar-refractivity contribution in [2.24, 2.45) is 5.92 Å². The van der Waals surface area contributed by atoms with Gasteiger partial charge in [0.2, 0.25) is 0 Å². The van der Waals surface area contributed by atoms with Gasteiger partial charge >= 0.3 is 0 Å². The predicted molar refractivity (Wildman–Crippen MR) is 61.9 cm³/mol. The van der Waals surface area contributed by atoms with Crippen molar-refractivity contribution >= 4 is 18.0 Å². The fourth-order valence-corrected chi connectivity index (χ4v) is 2.14. The average Bonchev–Trinajstić information content (AvgIpc) is 2.20. The number of thioether (sulfide) groups is 1. The summed E-state index contributed by atoms with van der Waals surface area (Å²) in [6.45, 7) is 6.20. The SMILES string of the molecule is CC(C)C(C)Sc1c(F)cccc1C=O. The third-order valence-electron chi connectivity index (χ3n) is 2.37. The lowest BCUT2D eigenvalue weighted by molar-refractivity contribution is 0.112. The second-order valence-electron chi connectivity index (χ2n) is 3.84. The maximum absolute atomic E-state index is 13.5. The molecule has 1 rings (SSSR count). The third kappa shape index (κ3) is 3.06. The quantitative estimate of drug-likeness (QED) is 0.574. The van der Waals surface area contributed by atoms with Gasteiger partial charge in [-0.2, -0.15) is 0 Å². The van der Waals surface area contributed by atoms with E-state index in [4.69, 9.17) is 0 Å². The van der Waals surface area contributed by atoms with Gasteiger partial charge < -0.3 is 0 Å². The van der Waals surface area contributed by atoms with Crippen molar-refractivity contribution in [3.05, 3.63) is 29.6 Å². The highest BCUT2D eigenvalue weighted by Crippen LogP contribution is 2.31. The molecule has 15 heavy (non-hydrogen) atoms. The molecule has 0 aromatic heterocycles. The molecule has 1 unspecified atom stereocenters. The molecule has 0 saturated heterocycles. The Hall–Kier alpha value is -0.830. The fourth-order valence-electron chi connectivity index (χ4n) is 1.06. The summed E-state index contributed by atoms with van der Waals surface area (Å²) in [6, 6.07) is 4.59. The van der Waals surface area contributed by atoms with Crippen LogP contribution in [0, 0.1) is 11.7 Å². The summed E-state index contributed by atoms with van der Waals surface area (Å²) in [5.41, 5.74) is 0.438. The second-order valence-corrected chi connectivity index (χ2v) is 5.23. The van der Waals surface area contributed by atoms with Crippen LogP contribution >= 0.6 is 11.8 Å². The Bertz CT molecular complexity index is 349. The third-order valence-corrected chi connectivity index (χ3v) is 3.95. The molecule has 0 heterocycles. The molecule has 0 radical (unpaired) electrons. The van der Waals surface area contributed by atoms with Gasteiger partial charge in [0, 0.05) is 10.8 Å². The van der Waals surface area contributed by atoms with Crippen molar-refractivity contribution < 1.29 is 9.18 Å². The van der Waals surface area contributed by atoms with Gasteiger partial charge in [0.15, 0.2) is 6.29 Å². The zero-order valence-electron chi connectivity index (χ0n) is 9.16. The van der Waals surface area contributed by atoms with Crippen LogP contribution in [0.3, 0.4) is 0 Å². The molecule has 0 spiro atoms. The molecular formula is C12H15FOS. The van der Waals surface area contributed by atoms with Crippen molar-refractivity contribution in [2.45, 2.75) is 30.9 Å². The van der Waals surface area contributed by atoms with Crippen molar-refractivity contribution in [1.82, 2.24) is 0 Å². The zero-order chi connectivity index (χ0) is 11.4. The molecule has 1 nitrogen and oxygen atoms in total. The van der Waals surface area contributed by atoms with Crippen molar-refractivity contribution in [3.8, 4) is 0 Å². The smallest absolute Gasteiger partial charge is 0.151 e. The average molecular weight is 226 g/mol. The van der Waals surface area contributed by atoms with Crippen LogP contribution in [0.4, 0.5) is 4.39 Å². The Morgan fingerprint density at radius 3 is 2.53 bits per heavy atom. The summed E-state index contributed by atoms with van der Waals surface area (Å²) >= 11 is 1.42. The number of benzene rings is 1. The number of carbonyl (C=O) groups is 1. The van der Waals surface area contributed by atoms with E-state index in [0.717, 1.165) is 0 Å². The van der Waals surface area contributed by atoms with Crippen LogP contribution in [0.2, 0.25) is 0 Å². The van der Waals surface area contributed by atoms with Crippen LogP contribution in [-0.2, 0) is 0 Å². The lowest BCUT2D eigenvalue weighted by atomic mass is 10.2. The van der Waals surface area contributed by atoms with Crippen LogP contribution in [-0.4, -0.2) is 11.5 Å². The van der Waals surface area contributed by atoms with E-state index in [2.05, 4.69) is 13.8 Å². The fraction of sp³-hybridized carbons (Fsp3) is 0.417. The van der Waals surface area contributed by atoms with E-state index < -0.39 is 0 Å². The molecule has 1 aromatic rings.